The maximum Gasteiger partial charge on any atom is 0.458 e. The van der Waals surface area contributed by atoms with Gasteiger partial charge in [-0.05, 0) is 0 Å². The number of ether oxygens (including phenoxy) is 2. The van der Waals surface area contributed by atoms with Crippen molar-refractivity contribution < 1.29 is 124 Å². The van der Waals surface area contributed by atoms with Crippen LogP contribution in [0, 0.1) is 0 Å². The molecule has 0 fully saturated rings. The Morgan fingerprint density at radius 3 is 0.500 bits per heavy atom. The summed E-state index contributed by atoms with van der Waals surface area (Å²) in [6, 6.07) is 0. The van der Waals surface area contributed by atoms with Crippen molar-refractivity contribution in [1.82, 2.24) is 0 Å². The molecule has 0 unspecified atom stereocenters. The Balaban J connectivity index is 7.05. The predicted molar refractivity (Wildman–Crippen MR) is 63.7 cm³/mol. The third-order valence-electron chi connectivity index (χ3n) is 3.91. The van der Waals surface area contributed by atoms with Gasteiger partial charge in [-0.1, -0.05) is 0 Å². The normalized spacial score (nSPS) is 16.9. The standard InChI is InChI=1S/C12F26O2/c13-1(14,3(17,18)11(35,36)39-5(21,7(23,24)25)8(26,27)28)2(15,16)4(19,20)12(37,38)40-6(22,9(29,30)31)10(32,33)34. The van der Waals surface area contributed by atoms with Crippen LogP contribution in [0.3, 0.4) is 0 Å². The molecule has 0 aromatic rings. The summed E-state index contributed by atoms with van der Waals surface area (Å²) in [7, 11) is 0. The molecule has 0 spiro atoms. The summed E-state index contributed by atoms with van der Waals surface area (Å²) >= 11 is 0. The quantitative estimate of drug-likeness (QED) is 0.230. The van der Waals surface area contributed by atoms with E-state index in [0.717, 1.165) is 9.47 Å². The molecule has 0 radical (unpaired) electrons. The second-order valence-electron chi connectivity index (χ2n) is 6.72. The van der Waals surface area contributed by atoms with E-state index in [1.807, 2.05) is 0 Å². The van der Waals surface area contributed by atoms with E-state index >= 15 is 0 Å². The largest absolute Gasteiger partial charge is 0.458 e. The van der Waals surface area contributed by atoms with E-state index in [-0.39, 0.29) is 0 Å². The van der Waals surface area contributed by atoms with Crippen LogP contribution in [0.1, 0.15) is 0 Å². The lowest BCUT2D eigenvalue weighted by molar-refractivity contribution is -0.541. The minimum absolute atomic E-state index is 0.834. The molecule has 0 N–H and O–H groups in total. The number of hydrogen-bond donors (Lipinski definition) is 0. The molecule has 0 aliphatic rings. The average molecular weight is 670 g/mol. The maximum absolute atomic E-state index is 13.4. The first-order valence-corrected chi connectivity index (χ1v) is 7.98. The summed E-state index contributed by atoms with van der Waals surface area (Å²) in [6.45, 7) is 0. The van der Waals surface area contributed by atoms with Crippen molar-refractivity contribution in [1.29, 1.82) is 0 Å². The zero-order valence-corrected chi connectivity index (χ0v) is 16.6. The van der Waals surface area contributed by atoms with Gasteiger partial charge in [0.2, 0.25) is 0 Å². The Labute approximate surface area is 197 Å². The van der Waals surface area contributed by atoms with Gasteiger partial charge in [-0.2, -0.15) is 114 Å². The van der Waals surface area contributed by atoms with Crippen molar-refractivity contribution >= 4 is 0 Å². The highest BCUT2D eigenvalue weighted by Gasteiger charge is 2.94. The van der Waals surface area contributed by atoms with Gasteiger partial charge in [0.1, 0.15) is 0 Å². The van der Waals surface area contributed by atoms with Gasteiger partial charge >= 0.3 is 72.3 Å². The lowest BCUT2D eigenvalue weighted by atomic mass is 9.96. The van der Waals surface area contributed by atoms with Gasteiger partial charge in [0, 0.05) is 0 Å². The Hall–Kier alpha value is -1.90. The second kappa shape index (κ2) is 9.30. The smallest absolute Gasteiger partial charge is 0.262 e. The highest BCUT2D eigenvalue weighted by atomic mass is 19.4. The first-order valence-electron chi connectivity index (χ1n) is 7.98. The summed E-state index contributed by atoms with van der Waals surface area (Å²) in [5, 5.41) is 0. The van der Waals surface area contributed by atoms with Crippen LogP contribution in [0.2, 0.25) is 0 Å². The van der Waals surface area contributed by atoms with Gasteiger partial charge in [0.15, 0.2) is 0 Å². The van der Waals surface area contributed by atoms with Gasteiger partial charge in [-0.3, -0.25) is 9.47 Å². The van der Waals surface area contributed by atoms with Crippen molar-refractivity contribution in [3.05, 3.63) is 0 Å². The summed E-state index contributed by atoms with van der Waals surface area (Å²) < 4.78 is 334. The first kappa shape index (κ1) is 38.1. The van der Waals surface area contributed by atoms with Crippen LogP contribution >= 0.6 is 0 Å². The molecular weight excluding hydrogens is 670 g/mol. The third-order valence-corrected chi connectivity index (χ3v) is 3.91. The predicted octanol–water partition coefficient (Wildman–Crippen LogP) is 8.33. The molecular formula is C12F26O2. The Morgan fingerprint density at radius 2 is 0.375 bits per heavy atom. The van der Waals surface area contributed by atoms with E-state index in [2.05, 4.69) is 0 Å². The second-order valence-corrected chi connectivity index (χ2v) is 6.72. The molecule has 0 amide bonds. The van der Waals surface area contributed by atoms with Crippen LogP contribution in [0.5, 0.6) is 0 Å². The monoisotopic (exact) mass is 670 g/mol. The van der Waals surface area contributed by atoms with Crippen molar-refractivity contribution in [3.63, 3.8) is 0 Å². The molecule has 0 rings (SSSR count). The highest BCUT2D eigenvalue weighted by molar-refractivity contribution is 5.10. The molecule has 0 atom stereocenters. The number of hydrogen-bond acceptors (Lipinski definition) is 2. The van der Waals surface area contributed by atoms with E-state index in [1.165, 1.54) is 0 Å². The van der Waals surface area contributed by atoms with Gasteiger partial charge in [-0.15, -0.1) is 0 Å². The van der Waals surface area contributed by atoms with Crippen LogP contribution in [0.15, 0.2) is 0 Å². The molecule has 2 nitrogen and oxygen atoms in total. The van der Waals surface area contributed by atoms with Crippen molar-refractivity contribution in [3.8, 4) is 0 Å². The van der Waals surface area contributed by atoms with Crippen LogP contribution in [0.4, 0.5) is 114 Å². The zero-order chi connectivity index (χ0) is 33.4. The summed E-state index contributed by atoms with van der Waals surface area (Å²) in [4.78, 5) is 0. The SMILES string of the molecule is FC(F)(F)C(F)(OC(F)(F)C(F)(F)C(F)(F)C(F)(F)C(F)(F)C(F)(F)OC(F)(C(F)(F)F)C(F)(F)F)C(F)(F)F. The highest BCUT2D eigenvalue weighted by Crippen LogP contribution is 2.63. The lowest BCUT2D eigenvalue weighted by Gasteiger charge is -2.43. The van der Waals surface area contributed by atoms with Crippen molar-refractivity contribution in [2.24, 2.45) is 0 Å². The molecule has 0 heterocycles. The maximum atomic E-state index is 13.4. The summed E-state index contributed by atoms with van der Waals surface area (Å²) in [6.07, 6.45) is -50.0. The molecule has 0 saturated carbocycles. The first-order chi connectivity index (χ1) is 16.7. The molecule has 0 aliphatic carbocycles. The van der Waals surface area contributed by atoms with Crippen molar-refractivity contribution in [2.45, 2.75) is 72.3 Å². The molecule has 0 aliphatic heterocycles. The fourth-order valence-electron chi connectivity index (χ4n) is 1.79. The molecule has 40 heavy (non-hydrogen) atoms. The van der Waals surface area contributed by atoms with Crippen LogP contribution in [-0.2, 0) is 9.47 Å². The minimum atomic E-state index is -9.37. The van der Waals surface area contributed by atoms with E-state index in [0.29, 0.717) is 0 Å². The molecule has 0 aromatic carbocycles. The molecule has 28 heteroatoms. The molecule has 0 saturated heterocycles. The lowest BCUT2D eigenvalue weighted by Crippen LogP contribution is -2.73. The van der Waals surface area contributed by atoms with E-state index < -0.39 is 72.3 Å². The fraction of sp³-hybridized carbons (Fsp3) is 1.00. The van der Waals surface area contributed by atoms with E-state index in [1.54, 1.807) is 0 Å². The van der Waals surface area contributed by atoms with Crippen molar-refractivity contribution in [2.75, 3.05) is 0 Å². The summed E-state index contributed by atoms with van der Waals surface area (Å²) in [5.74, 6) is -53.7. The van der Waals surface area contributed by atoms with E-state index in [9.17, 15) is 114 Å². The molecule has 0 bridgehead atoms. The zero-order valence-electron chi connectivity index (χ0n) is 16.6. The third kappa shape index (κ3) is 5.36. The topological polar surface area (TPSA) is 18.5 Å². The number of alkyl halides is 26. The van der Waals surface area contributed by atoms with Gasteiger partial charge < -0.3 is 0 Å². The van der Waals surface area contributed by atoms with Gasteiger partial charge in [-0.25, -0.2) is 0 Å². The minimum Gasteiger partial charge on any atom is -0.262 e. The Morgan fingerprint density at radius 1 is 0.225 bits per heavy atom. The van der Waals surface area contributed by atoms with E-state index in [4.69, 9.17) is 0 Å². The Bertz CT molecular complexity index is 797. The molecule has 242 valence electrons. The fourth-order valence-corrected chi connectivity index (χ4v) is 1.79. The van der Waals surface area contributed by atoms with Gasteiger partial charge in [0.25, 0.3) is 0 Å². The van der Waals surface area contributed by atoms with Crippen LogP contribution < -0.4 is 0 Å². The van der Waals surface area contributed by atoms with Crippen LogP contribution in [0.25, 0.3) is 0 Å². The van der Waals surface area contributed by atoms with Crippen LogP contribution in [-0.4, -0.2) is 72.3 Å². The number of halogens is 26. The Kier molecular flexibility index (Phi) is 8.86. The summed E-state index contributed by atoms with van der Waals surface area (Å²) in [5.41, 5.74) is 0. The average Bonchev–Trinajstić information content (AvgIpc) is 2.62. The van der Waals surface area contributed by atoms with Gasteiger partial charge in [0.05, 0.1) is 0 Å². The number of rotatable bonds is 9. The molecule has 0 aromatic heterocycles.